The van der Waals surface area contributed by atoms with Gasteiger partial charge in [0.05, 0.1) is 21.1 Å². The van der Waals surface area contributed by atoms with Crippen molar-refractivity contribution in [3.8, 4) is 5.75 Å². The molecule has 0 aliphatic heterocycles. The Balaban J connectivity index is 2.13. The van der Waals surface area contributed by atoms with Crippen molar-refractivity contribution in [1.82, 2.24) is 9.55 Å². The van der Waals surface area contributed by atoms with Crippen molar-refractivity contribution < 1.29 is 9.90 Å². The minimum atomic E-state index is -0.295. The molecule has 20 heavy (non-hydrogen) atoms. The summed E-state index contributed by atoms with van der Waals surface area (Å²) in [6.45, 7) is 0. The van der Waals surface area contributed by atoms with Crippen LogP contribution in [0.3, 0.4) is 0 Å². The SMILES string of the molecule is O=C(c1cc(Cl)c(O)c(Cl)c1)n1ccc2ncccc21. The lowest BCUT2D eigenvalue weighted by molar-refractivity contribution is 0.0965. The molecule has 0 saturated carbocycles. The minimum Gasteiger partial charge on any atom is -0.505 e. The molecule has 6 heteroatoms. The van der Waals surface area contributed by atoms with Crippen LogP contribution in [0, 0.1) is 0 Å². The average Bonchev–Trinajstić information content (AvgIpc) is 2.87. The van der Waals surface area contributed by atoms with Gasteiger partial charge in [-0.25, -0.2) is 0 Å². The van der Waals surface area contributed by atoms with Crippen LogP contribution in [0.15, 0.2) is 42.7 Å². The number of fused-ring (bicyclic) bond motifs is 1. The van der Waals surface area contributed by atoms with Gasteiger partial charge in [0.2, 0.25) is 0 Å². The summed E-state index contributed by atoms with van der Waals surface area (Å²) in [5.41, 5.74) is 1.70. The van der Waals surface area contributed by atoms with Gasteiger partial charge in [0.25, 0.3) is 5.91 Å². The number of nitrogens with zero attached hydrogens (tertiary/aromatic N) is 2. The zero-order valence-electron chi connectivity index (χ0n) is 10.0. The van der Waals surface area contributed by atoms with Crippen LogP contribution in [0.5, 0.6) is 5.75 Å². The molecule has 3 rings (SSSR count). The number of halogens is 2. The predicted octanol–water partition coefficient (Wildman–Crippen LogP) is 3.74. The third-order valence-corrected chi connectivity index (χ3v) is 3.52. The number of pyridine rings is 1. The maximum absolute atomic E-state index is 12.5. The van der Waals surface area contributed by atoms with E-state index in [0.29, 0.717) is 11.1 Å². The number of rotatable bonds is 1. The van der Waals surface area contributed by atoms with Crippen LogP contribution in [0.1, 0.15) is 10.4 Å². The fraction of sp³-hybridized carbons (Fsp3) is 0. The van der Waals surface area contributed by atoms with Gasteiger partial charge < -0.3 is 5.11 Å². The van der Waals surface area contributed by atoms with E-state index >= 15 is 0 Å². The van der Waals surface area contributed by atoms with Gasteiger partial charge in [0.1, 0.15) is 0 Å². The van der Waals surface area contributed by atoms with Gasteiger partial charge in [0, 0.05) is 18.0 Å². The third-order valence-electron chi connectivity index (χ3n) is 2.94. The zero-order valence-corrected chi connectivity index (χ0v) is 11.6. The topological polar surface area (TPSA) is 55.1 Å². The molecule has 3 aromatic rings. The maximum atomic E-state index is 12.5. The fourth-order valence-corrected chi connectivity index (χ4v) is 2.46. The number of benzene rings is 1. The number of aromatic nitrogens is 2. The Morgan fingerprint density at radius 2 is 1.90 bits per heavy atom. The van der Waals surface area contributed by atoms with Crippen molar-refractivity contribution in [2.45, 2.75) is 0 Å². The second-order valence-corrected chi connectivity index (χ2v) is 5.00. The second-order valence-electron chi connectivity index (χ2n) is 4.19. The summed E-state index contributed by atoms with van der Waals surface area (Å²) < 4.78 is 1.46. The number of aromatic hydroxyl groups is 1. The molecule has 2 heterocycles. The molecular weight excluding hydrogens is 299 g/mol. The molecular formula is C14H8Cl2N2O2. The van der Waals surface area contributed by atoms with E-state index < -0.39 is 0 Å². The number of phenolic OH excluding ortho intramolecular Hbond substituents is 1. The monoisotopic (exact) mass is 306 g/mol. The molecule has 0 aliphatic rings. The first-order valence-electron chi connectivity index (χ1n) is 5.72. The number of phenols is 1. The first kappa shape index (κ1) is 13.0. The van der Waals surface area contributed by atoms with Crippen molar-refractivity contribution in [2.75, 3.05) is 0 Å². The minimum absolute atomic E-state index is 0.0374. The Morgan fingerprint density at radius 1 is 1.20 bits per heavy atom. The third kappa shape index (κ3) is 2.03. The highest BCUT2D eigenvalue weighted by molar-refractivity contribution is 6.37. The summed E-state index contributed by atoms with van der Waals surface area (Å²) in [7, 11) is 0. The zero-order chi connectivity index (χ0) is 14.3. The van der Waals surface area contributed by atoms with Gasteiger partial charge in [-0.2, -0.15) is 0 Å². The summed E-state index contributed by atoms with van der Waals surface area (Å²) in [5, 5.41) is 9.60. The summed E-state index contributed by atoms with van der Waals surface area (Å²) >= 11 is 11.7. The largest absolute Gasteiger partial charge is 0.505 e. The molecule has 0 saturated heterocycles. The maximum Gasteiger partial charge on any atom is 0.262 e. The van der Waals surface area contributed by atoms with E-state index in [1.54, 1.807) is 30.6 Å². The average molecular weight is 307 g/mol. The number of hydrogen-bond acceptors (Lipinski definition) is 3. The lowest BCUT2D eigenvalue weighted by Crippen LogP contribution is -2.10. The first-order chi connectivity index (χ1) is 9.58. The van der Waals surface area contributed by atoms with Crippen molar-refractivity contribution in [2.24, 2.45) is 0 Å². The van der Waals surface area contributed by atoms with Crippen LogP contribution in [0.4, 0.5) is 0 Å². The Hall–Kier alpha value is -2.04. The van der Waals surface area contributed by atoms with Gasteiger partial charge in [0.15, 0.2) is 5.75 Å². The van der Waals surface area contributed by atoms with E-state index in [1.165, 1.54) is 16.7 Å². The van der Waals surface area contributed by atoms with E-state index in [4.69, 9.17) is 23.2 Å². The Bertz CT molecular complexity index is 804. The van der Waals surface area contributed by atoms with Crippen LogP contribution in [-0.2, 0) is 0 Å². The molecule has 100 valence electrons. The molecule has 0 amide bonds. The van der Waals surface area contributed by atoms with E-state index in [9.17, 15) is 9.90 Å². The Morgan fingerprint density at radius 3 is 2.60 bits per heavy atom. The molecule has 2 aromatic heterocycles. The van der Waals surface area contributed by atoms with E-state index in [-0.39, 0.29) is 21.7 Å². The smallest absolute Gasteiger partial charge is 0.262 e. The first-order valence-corrected chi connectivity index (χ1v) is 6.48. The summed E-state index contributed by atoms with van der Waals surface area (Å²) in [4.78, 5) is 16.6. The molecule has 4 nitrogen and oxygen atoms in total. The van der Waals surface area contributed by atoms with E-state index in [2.05, 4.69) is 4.98 Å². The second kappa shape index (κ2) is 4.81. The van der Waals surface area contributed by atoms with Gasteiger partial charge in [-0.1, -0.05) is 23.2 Å². The highest BCUT2D eigenvalue weighted by Crippen LogP contribution is 2.33. The lowest BCUT2D eigenvalue weighted by atomic mass is 10.2. The lowest BCUT2D eigenvalue weighted by Gasteiger charge is -2.07. The molecule has 0 atom stereocenters. The number of hydrogen-bond donors (Lipinski definition) is 1. The Kier molecular flexibility index (Phi) is 3.12. The molecule has 0 aliphatic carbocycles. The van der Waals surface area contributed by atoms with Crippen LogP contribution >= 0.6 is 23.2 Å². The van der Waals surface area contributed by atoms with Crippen molar-refractivity contribution in [3.05, 3.63) is 58.3 Å². The number of carbonyl (C=O) groups excluding carboxylic acids is 1. The molecule has 0 radical (unpaired) electrons. The summed E-state index contributed by atoms with van der Waals surface area (Å²) in [5.74, 6) is -0.527. The van der Waals surface area contributed by atoms with Crippen molar-refractivity contribution in [3.63, 3.8) is 0 Å². The molecule has 0 spiro atoms. The quantitative estimate of drug-likeness (QED) is 0.745. The predicted molar refractivity (Wildman–Crippen MR) is 77.6 cm³/mol. The van der Waals surface area contributed by atoms with Crippen LogP contribution in [0.25, 0.3) is 11.0 Å². The van der Waals surface area contributed by atoms with Crippen LogP contribution < -0.4 is 0 Å². The molecule has 1 N–H and O–H groups in total. The van der Waals surface area contributed by atoms with Gasteiger partial charge in [-0.3, -0.25) is 14.3 Å². The highest BCUT2D eigenvalue weighted by Gasteiger charge is 2.15. The summed E-state index contributed by atoms with van der Waals surface area (Å²) in [6.07, 6.45) is 3.29. The van der Waals surface area contributed by atoms with E-state index in [1.807, 2.05) is 0 Å². The molecule has 1 aromatic carbocycles. The molecule has 0 fully saturated rings. The highest BCUT2D eigenvalue weighted by atomic mass is 35.5. The van der Waals surface area contributed by atoms with Gasteiger partial charge in [-0.05, 0) is 30.3 Å². The van der Waals surface area contributed by atoms with Crippen molar-refractivity contribution >= 4 is 40.1 Å². The van der Waals surface area contributed by atoms with Crippen LogP contribution in [-0.4, -0.2) is 20.6 Å². The summed E-state index contributed by atoms with van der Waals surface area (Å²) in [6, 6.07) is 8.06. The van der Waals surface area contributed by atoms with E-state index in [0.717, 1.165) is 5.52 Å². The fourth-order valence-electron chi connectivity index (χ4n) is 1.97. The Labute approximate surface area is 124 Å². The van der Waals surface area contributed by atoms with Crippen molar-refractivity contribution in [1.29, 1.82) is 0 Å². The van der Waals surface area contributed by atoms with Gasteiger partial charge >= 0.3 is 0 Å². The number of carbonyl (C=O) groups is 1. The standard InChI is InChI=1S/C14H8Cl2N2O2/c15-9-6-8(7-10(16)13(9)19)14(20)18-5-3-11-12(18)2-1-4-17-11/h1-7,19H. The normalized spacial score (nSPS) is 10.9. The van der Waals surface area contributed by atoms with Crippen LogP contribution in [0.2, 0.25) is 10.0 Å². The molecule has 0 unspecified atom stereocenters. The molecule has 0 bridgehead atoms. The van der Waals surface area contributed by atoms with Gasteiger partial charge in [-0.15, -0.1) is 0 Å².